The predicted octanol–water partition coefficient (Wildman–Crippen LogP) is 3.65. The van der Waals surface area contributed by atoms with Crippen molar-refractivity contribution in [2.24, 2.45) is 5.41 Å². The number of carboxylic acid groups (broad SMARTS) is 2. The van der Waals surface area contributed by atoms with Crippen LogP contribution in [0.3, 0.4) is 0 Å². The monoisotopic (exact) mass is 351 g/mol. The predicted molar refractivity (Wildman–Crippen MR) is 92.9 cm³/mol. The van der Waals surface area contributed by atoms with Crippen molar-refractivity contribution in [3.8, 4) is 0 Å². The van der Waals surface area contributed by atoms with E-state index in [1.165, 1.54) is 26.8 Å². The van der Waals surface area contributed by atoms with Gasteiger partial charge in [-0.1, -0.05) is 53.7 Å². The van der Waals surface area contributed by atoms with Gasteiger partial charge >= 0.3 is 11.9 Å². The number of hydrogen-bond acceptors (Lipinski definition) is 4. The third-order valence-corrected chi connectivity index (χ3v) is 4.49. The Morgan fingerprint density at radius 1 is 1.00 bits per heavy atom. The lowest BCUT2D eigenvalue weighted by molar-refractivity contribution is -0.387. The SMILES string of the molecule is Cc1ccc(C(C(=O)O)(C(=O)O)C(C)(C)C)c([N+](=O)[O-])c1C(C)(C)C. The third kappa shape index (κ3) is 3.10. The van der Waals surface area contributed by atoms with E-state index in [-0.39, 0.29) is 5.56 Å². The van der Waals surface area contributed by atoms with Crippen molar-refractivity contribution in [3.05, 3.63) is 38.9 Å². The lowest BCUT2D eigenvalue weighted by atomic mass is 9.61. The normalized spacial score (nSPS) is 12.8. The summed E-state index contributed by atoms with van der Waals surface area (Å²) in [5.41, 5.74) is -4.22. The second-order valence-corrected chi connectivity index (χ2v) is 8.27. The molecule has 0 bridgehead atoms. The maximum absolute atomic E-state index is 12.1. The second-order valence-electron chi connectivity index (χ2n) is 8.27. The van der Waals surface area contributed by atoms with E-state index in [0.717, 1.165) is 0 Å². The fourth-order valence-electron chi connectivity index (χ4n) is 3.50. The van der Waals surface area contributed by atoms with Crippen LogP contribution in [0.15, 0.2) is 12.1 Å². The van der Waals surface area contributed by atoms with Crippen LogP contribution in [0.4, 0.5) is 5.69 Å². The Morgan fingerprint density at radius 2 is 1.44 bits per heavy atom. The Kier molecular flexibility index (Phi) is 5.05. The van der Waals surface area contributed by atoms with Crippen LogP contribution in [0, 0.1) is 22.5 Å². The summed E-state index contributed by atoms with van der Waals surface area (Å²) < 4.78 is 0. The van der Waals surface area contributed by atoms with Crippen molar-refractivity contribution >= 4 is 17.6 Å². The minimum atomic E-state index is -2.46. The average molecular weight is 351 g/mol. The molecule has 2 N–H and O–H groups in total. The number of nitrogens with zero attached hydrogens (tertiary/aromatic N) is 1. The summed E-state index contributed by atoms with van der Waals surface area (Å²) in [5.74, 6) is -3.25. The Hall–Kier alpha value is -2.44. The molecule has 1 aromatic carbocycles. The quantitative estimate of drug-likeness (QED) is 0.485. The number of aliphatic carboxylic acids is 2. The first-order valence-electron chi connectivity index (χ1n) is 7.85. The van der Waals surface area contributed by atoms with E-state index in [2.05, 4.69) is 0 Å². The molecular formula is C18H25NO6. The summed E-state index contributed by atoms with van der Waals surface area (Å²) in [4.78, 5) is 35.5. The molecule has 0 aromatic heterocycles. The van der Waals surface area contributed by atoms with Gasteiger partial charge in [-0.2, -0.15) is 0 Å². The second kappa shape index (κ2) is 6.13. The Morgan fingerprint density at radius 3 is 1.72 bits per heavy atom. The minimum absolute atomic E-state index is 0.305. The first kappa shape index (κ1) is 20.6. The van der Waals surface area contributed by atoms with Crippen LogP contribution in [0.2, 0.25) is 0 Å². The van der Waals surface area contributed by atoms with Gasteiger partial charge in [0.1, 0.15) is 0 Å². The van der Waals surface area contributed by atoms with Crippen LogP contribution < -0.4 is 0 Å². The van der Waals surface area contributed by atoms with Crippen LogP contribution >= 0.6 is 0 Å². The number of nitro benzene ring substituents is 1. The first-order valence-corrected chi connectivity index (χ1v) is 7.85. The van der Waals surface area contributed by atoms with E-state index in [0.29, 0.717) is 11.1 Å². The molecule has 0 unspecified atom stereocenters. The Labute approximate surface area is 146 Å². The van der Waals surface area contributed by atoms with Gasteiger partial charge in [0, 0.05) is 5.56 Å². The van der Waals surface area contributed by atoms with Crippen LogP contribution in [0.5, 0.6) is 0 Å². The number of hydrogen-bond donors (Lipinski definition) is 2. The van der Waals surface area contributed by atoms with Gasteiger partial charge in [0.25, 0.3) is 5.69 Å². The van der Waals surface area contributed by atoms with Crippen molar-refractivity contribution in [3.63, 3.8) is 0 Å². The van der Waals surface area contributed by atoms with E-state index in [9.17, 15) is 29.9 Å². The summed E-state index contributed by atoms with van der Waals surface area (Å²) >= 11 is 0. The van der Waals surface area contributed by atoms with Crippen molar-refractivity contribution in [2.75, 3.05) is 0 Å². The number of rotatable bonds is 4. The molecule has 25 heavy (non-hydrogen) atoms. The van der Waals surface area contributed by atoms with Crippen molar-refractivity contribution in [2.45, 2.75) is 59.3 Å². The number of aryl methyl sites for hydroxylation is 1. The van der Waals surface area contributed by atoms with E-state index in [4.69, 9.17) is 0 Å². The summed E-state index contributed by atoms with van der Waals surface area (Å²) in [6.07, 6.45) is 0. The van der Waals surface area contributed by atoms with Gasteiger partial charge in [-0.25, -0.2) is 0 Å². The molecular weight excluding hydrogens is 326 g/mol. The first-order chi connectivity index (χ1) is 11.1. The fraction of sp³-hybridized carbons (Fsp3) is 0.556. The molecule has 0 aliphatic carbocycles. The van der Waals surface area contributed by atoms with Gasteiger partial charge in [-0.3, -0.25) is 19.7 Å². The molecule has 0 fully saturated rings. The maximum Gasteiger partial charge on any atom is 0.326 e. The van der Waals surface area contributed by atoms with E-state index in [1.807, 2.05) is 0 Å². The van der Waals surface area contributed by atoms with E-state index in [1.54, 1.807) is 33.8 Å². The highest BCUT2D eigenvalue weighted by Crippen LogP contribution is 2.49. The highest BCUT2D eigenvalue weighted by molar-refractivity contribution is 6.07. The molecule has 7 heteroatoms. The molecule has 1 aromatic rings. The third-order valence-electron chi connectivity index (χ3n) is 4.49. The molecule has 0 radical (unpaired) electrons. The molecule has 0 saturated heterocycles. The molecule has 138 valence electrons. The van der Waals surface area contributed by atoms with Crippen LogP contribution in [0.25, 0.3) is 0 Å². The molecule has 0 amide bonds. The number of carboxylic acids is 2. The van der Waals surface area contributed by atoms with Gasteiger partial charge < -0.3 is 10.2 Å². The van der Waals surface area contributed by atoms with Crippen molar-refractivity contribution in [1.82, 2.24) is 0 Å². The van der Waals surface area contributed by atoms with Gasteiger partial charge in [0.15, 0.2) is 0 Å². The standard InChI is InChI=1S/C18H25NO6/c1-10-8-9-11(13(19(24)25)12(10)16(2,3)4)18(14(20)21,15(22)23)17(5,6)7/h8-9H,1-7H3,(H,20,21)(H,22,23). The summed E-state index contributed by atoms with van der Waals surface area (Å²) in [5, 5.41) is 31.6. The maximum atomic E-state index is 12.1. The number of nitro groups is 1. The zero-order chi connectivity index (χ0) is 20.0. The molecule has 1 rings (SSSR count). The fourth-order valence-corrected chi connectivity index (χ4v) is 3.50. The molecule has 0 heterocycles. The van der Waals surface area contributed by atoms with Crippen molar-refractivity contribution in [1.29, 1.82) is 0 Å². The molecule has 7 nitrogen and oxygen atoms in total. The highest BCUT2D eigenvalue weighted by Gasteiger charge is 2.60. The lowest BCUT2D eigenvalue weighted by Gasteiger charge is -2.38. The average Bonchev–Trinajstić information content (AvgIpc) is 2.36. The molecule has 0 aliphatic rings. The number of carbonyl (C=O) groups is 2. The van der Waals surface area contributed by atoms with Crippen LogP contribution in [-0.4, -0.2) is 27.1 Å². The molecule has 0 atom stereocenters. The summed E-state index contributed by atoms with van der Waals surface area (Å²) in [6.45, 7) is 11.4. The lowest BCUT2D eigenvalue weighted by Crippen LogP contribution is -2.54. The zero-order valence-corrected chi connectivity index (χ0v) is 15.6. The molecule has 0 aliphatic heterocycles. The van der Waals surface area contributed by atoms with Gasteiger partial charge in [-0.15, -0.1) is 0 Å². The zero-order valence-electron chi connectivity index (χ0n) is 15.6. The summed E-state index contributed by atoms with van der Waals surface area (Å²) in [6, 6.07) is 2.81. The van der Waals surface area contributed by atoms with Crippen molar-refractivity contribution < 1.29 is 24.7 Å². The highest BCUT2D eigenvalue weighted by atomic mass is 16.6. The van der Waals surface area contributed by atoms with Gasteiger partial charge in [0.05, 0.1) is 10.5 Å². The van der Waals surface area contributed by atoms with Gasteiger partial charge in [0.2, 0.25) is 5.41 Å². The summed E-state index contributed by atoms with van der Waals surface area (Å²) in [7, 11) is 0. The van der Waals surface area contributed by atoms with Crippen LogP contribution in [0.1, 0.15) is 58.2 Å². The van der Waals surface area contributed by atoms with E-state index >= 15 is 0 Å². The largest absolute Gasteiger partial charge is 0.480 e. The van der Waals surface area contributed by atoms with E-state index < -0.39 is 38.8 Å². The minimum Gasteiger partial charge on any atom is -0.480 e. The smallest absolute Gasteiger partial charge is 0.326 e. The van der Waals surface area contributed by atoms with Gasteiger partial charge in [-0.05, 0) is 23.3 Å². The Balaban J connectivity index is 4.22. The van der Waals surface area contributed by atoms with Crippen LogP contribution in [-0.2, 0) is 20.4 Å². The molecule has 0 spiro atoms. The Bertz CT molecular complexity index is 723. The topological polar surface area (TPSA) is 118 Å². The number of benzene rings is 1. The molecule has 0 saturated carbocycles.